The van der Waals surface area contributed by atoms with Crippen LogP contribution in [0.5, 0.6) is 0 Å². The summed E-state index contributed by atoms with van der Waals surface area (Å²) in [6.07, 6.45) is 2.44. The summed E-state index contributed by atoms with van der Waals surface area (Å²) in [7, 11) is 0. The van der Waals surface area contributed by atoms with E-state index in [0.717, 1.165) is 6.41 Å². The van der Waals surface area contributed by atoms with Gasteiger partial charge >= 0.3 is 0 Å². The van der Waals surface area contributed by atoms with Gasteiger partial charge in [0.1, 0.15) is 11.5 Å². The zero-order valence-electron chi connectivity index (χ0n) is 16.1. The molecule has 2 amide bonds. The normalized spacial score (nSPS) is 17.4. The predicted octanol–water partition coefficient (Wildman–Crippen LogP) is 0.856. The molecule has 9 heteroatoms. The smallest absolute Gasteiger partial charge is 0.272 e. The molecule has 0 saturated carbocycles. The van der Waals surface area contributed by atoms with Crippen molar-refractivity contribution in [2.75, 3.05) is 62.2 Å². The molecule has 8 nitrogen and oxygen atoms in total. The van der Waals surface area contributed by atoms with Crippen molar-refractivity contribution in [3.8, 4) is 0 Å². The van der Waals surface area contributed by atoms with Crippen LogP contribution in [0.4, 0.5) is 16.0 Å². The van der Waals surface area contributed by atoms with Crippen molar-refractivity contribution in [1.29, 1.82) is 0 Å². The van der Waals surface area contributed by atoms with Crippen molar-refractivity contribution in [3.63, 3.8) is 0 Å². The van der Waals surface area contributed by atoms with E-state index in [1.165, 1.54) is 6.07 Å². The topological polar surface area (TPSA) is 72.9 Å². The molecule has 4 rings (SSSR count). The number of hydrogen-bond donors (Lipinski definition) is 0. The van der Waals surface area contributed by atoms with Crippen LogP contribution >= 0.6 is 0 Å². The molecule has 2 fully saturated rings. The quantitative estimate of drug-likeness (QED) is 0.712. The molecule has 152 valence electrons. The first kappa shape index (κ1) is 19.1. The maximum atomic E-state index is 14.0. The molecule has 1 aromatic heterocycles. The van der Waals surface area contributed by atoms with Crippen molar-refractivity contribution in [2.24, 2.45) is 0 Å². The van der Waals surface area contributed by atoms with Crippen molar-refractivity contribution in [2.45, 2.75) is 0 Å². The zero-order valence-corrected chi connectivity index (χ0v) is 16.1. The number of rotatable bonds is 4. The Morgan fingerprint density at radius 1 is 0.931 bits per heavy atom. The van der Waals surface area contributed by atoms with Crippen LogP contribution in [0.3, 0.4) is 0 Å². The van der Waals surface area contributed by atoms with Gasteiger partial charge in [-0.05, 0) is 18.2 Å². The minimum atomic E-state index is -0.248. The first-order valence-corrected chi connectivity index (χ1v) is 9.72. The molecule has 0 spiro atoms. The lowest BCUT2D eigenvalue weighted by Crippen LogP contribution is -2.49. The Morgan fingerprint density at radius 3 is 2.31 bits per heavy atom. The monoisotopic (exact) mass is 398 g/mol. The molecular weight excluding hydrogens is 375 g/mol. The molecule has 0 radical (unpaired) electrons. The Hall–Kier alpha value is -3.23. The Balaban J connectivity index is 1.39. The molecule has 0 atom stereocenters. The minimum absolute atomic E-state index is 0.145. The van der Waals surface area contributed by atoms with E-state index in [4.69, 9.17) is 0 Å². The summed E-state index contributed by atoms with van der Waals surface area (Å²) in [6, 6.07) is 8.31. The first-order valence-electron chi connectivity index (χ1n) is 9.72. The molecular formula is C20H23FN6O2. The number of benzene rings is 1. The highest BCUT2D eigenvalue weighted by Crippen LogP contribution is 2.21. The molecule has 1 aromatic carbocycles. The molecule has 2 saturated heterocycles. The van der Waals surface area contributed by atoms with Crippen molar-refractivity contribution < 1.29 is 14.0 Å². The Kier molecular flexibility index (Phi) is 5.55. The second-order valence-corrected chi connectivity index (χ2v) is 7.10. The van der Waals surface area contributed by atoms with E-state index in [9.17, 15) is 14.0 Å². The summed E-state index contributed by atoms with van der Waals surface area (Å²) >= 11 is 0. The van der Waals surface area contributed by atoms with E-state index >= 15 is 0 Å². The summed E-state index contributed by atoms with van der Waals surface area (Å²) in [5.74, 6) is 0.113. The average molecular weight is 398 g/mol. The maximum absolute atomic E-state index is 14.0. The lowest BCUT2D eigenvalue weighted by Gasteiger charge is -2.36. The largest absolute Gasteiger partial charge is 0.366 e. The van der Waals surface area contributed by atoms with Gasteiger partial charge in [0, 0.05) is 58.6 Å². The van der Waals surface area contributed by atoms with Crippen LogP contribution in [-0.4, -0.2) is 84.4 Å². The van der Waals surface area contributed by atoms with Gasteiger partial charge in [0.2, 0.25) is 12.4 Å². The first-order chi connectivity index (χ1) is 14.2. The number of halogens is 1. The molecule has 3 heterocycles. The van der Waals surface area contributed by atoms with Crippen LogP contribution < -0.4 is 9.80 Å². The SMILES string of the molecule is O=CN1CCN(c2nccc(C(=O)N3CCN(c4ccccc4F)CC3)n2)CC1. The van der Waals surface area contributed by atoms with E-state index in [-0.39, 0.29) is 11.7 Å². The number of aromatic nitrogens is 2. The van der Waals surface area contributed by atoms with Crippen molar-refractivity contribution in [3.05, 3.63) is 48.0 Å². The lowest BCUT2D eigenvalue weighted by atomic mass is 10.2. The van der Waals surface area contributed by atoms with E-state index in [2.05, 4.69) is 9.97 Å². The van der Waals surface area contributed by atoms with Crippen molar-refractivity contribution >= 4 is 24.0 Å². The number of amides is 2. The molecule has 0 aliphatic carbocycles. The molecule has 0 N–H and O–H groups in total. The number of para-hydroxylation sites is 1. The third-order valence-corrected chi connectivity index (χ3v) is 5.37. The van der Waals surface area contributed by atoms with E-state index in [1.54, 1.807) is 34.2 Å². The van der Waals surface area contributed by atoms with Gasteiger partial charge in [0.25, 0.3) is 5.91 Å². The Morgan fingerprint density at radius 2 is 1.62 bits per heavy atom. The predicted molar refractivity (Wildman–Crippen MR) is 106 cm³/mol. The molecule has 2 aromatic rings. The third-order valence-electron chi connectivity index (χ3n) is 5.37. The second kappa shape index (κ2) is 8.42. The molecule has 0 unspecified atom stereocenters. The second-order valence-electron chi connectivity index (χ2n) is 7.10. The van der Waals surface area contributed by atoms with Gasteiger partial charge in [-0.1, -0.05) is 12.1 Å². The highest BCUT2D eigenvalue weighted by molar-refractivity contribution is 5.92. The highest BCUT2D eigenvalue weighted by Gasteiger charge is 2.25. The summed E-state index contributed by atoms with van der Waals surface area (Å²) < 4.78 is 14.0. The van der Waals surface area contributed by atoms with Gasteiger partial charge in [-0.3, -0.25) is 9.59 Å². The summed E-state index contributed by atoms with van der Waals surface area (Å²) in [4.78, 5) is 39.9. The number of nitrogens with zero attached hydrogens (tertiary/aromatic N) is 6. The van der Waals surface area contributed by atoms with Gasteiger partial charge in [-0.15, -0.1) is 0 Å². The zero-order chi connectivity index (χ0) is 20.2. The van der Waals surface area contributed by atoms with Crippen LogP contribution in [0.2, 0.25) is 0 Å². The molecule has 2 aliphatic heterocycles. The number of anilines is 2. The summed E-state index contributed by atoms with van der Waals surface area (Å²) in [5.41, 5.74) is 0.922. The number of hydrogen-bond acceptors (Lipinski definition) is 6. The highest BCUT2D eigenvalue weighted by atomic mass is 19.1. The van der Waals surface area contributed by atoms with Crippen LogP contribution in [-0.2, 0) is 4.79 Å². The van der Waals surface area contributed by atoms with E-state index in [1.807, 2.05) is 15.9 Å². The van der Waals surface area contributed by atoms with Gasteiger partial charge in [-0.2, -0.15) is 0 Å². The van der Waals surface area contributed by atoms with Gasteiger partial charge in [-0.25, -0.2) is 14.4 Å². The lowest BCUT2D eigenvalue weighted by molar-refractivity contribution is -0.118. The minimum Gasteiger partial charge on any atom is -0.366 e. The van der Waals surface area contributed by atoms with Crippen molar-refractivity contribution in [1.82, 2.24) is 19.8 Å². The summed E-state index contributed by atoms with van der Waals surface area (Å²) in [6.45, 7) is 4.65. The van der Waals surface area contributed by atoms with Crippen LogP contribution in [0.1, 0.15) is 10.5 Å². The number of piperazine rings is 2. The van der Waals surface area contributed by atoms with Gasteiger partial charge in [0.15, 0.2) is 0 Å². The molecule has 2 aliphatic rings. The van der Waals surface area contributed by atoms with Crippen LogP contribution in [0.15, 0.2) is 36.5 Å². The van der Waals surface area contributed by atoms with Gasteiger partial charge in [0.05, 0.1) is 5.69 Å². The van der Waals surface area contributed by atoms with E-state index in [0.29, 0.717) is 69.7 Å². The third kappa shape index (κ3) is 4.13. The van der Waals surface area contributed by atoms with E-state index < -0.39 is 0 Å². The Bertz CT molecular complexity index is 879. The molecule has 29 heavy (non-hydrogen) atoms. The fourth-order valence-electron chi connectivity index (χ4n) is 3.67. The van der Waals surface area contributed by atoms with Gasteiger partial charge < -0.3 is 19.6 Å². The van der Waals surface area contributed by atoms with Crippen LogP contribution in [0, 0.1) is 5.82 Å². The number of carbonyl (C=O) groups is 2. The molecule has 0 bridgehead atoms. The maximum Gasteiger partial charge on any atom is 0.272 e. The standard InChI is InChI=1S/C20H23FN6O2/c21-16-3-1-2-4-18(16)25-11-13-26(14-12-25)19(29)17-5-6-22-20(23-17)27-9-7-24(15-28)8-10-27/h1-6,15H,7-14H2. The fraction of sp³-hybridized carbons (Fsp3) is 0.400. The number of carbonyl (C=O) groups excluding carboxylic acids is 2. The Labute approximate surface area is 168 Å². The average Bonchev–Trinajstić information content (AvgIpc) is 2.79. The summed E-state index contributed by atoms with van der Waals surface area (Å²) in [5, 5.41) is 0. The van der Waals surface area contributed by atoms with Crippen LogP contribution in [0.25, 0.3) is 0 Å². The fourth-order valence-corrected chi connectivity index (χ4v) is 3.67.